The number of rotatable bonds is 5. The summed E-state index contributed by atoms with van der Waals surface area (Å²) in [5.41, 5.74) is 13.1. The van der Waals surface area contributed by atoms with Crippen LogP contribution < -0.4 is 16.8 Å². The lowest BCUT2D eigenvalue weighted by molar-refractivity contribution is 0.0857. The quantitative estimate of drug-likeness (QED) is 0.528. The van der Waals surface area contributed by atoms with E-state index in [-0.39, 0.29) is 46.7 Å². The summed E-state index contributed by atoms with van der Waals surface area (Å²) in [5.74, 6) is -0.684. The lowest BCUT2D eigenvalue weighted by atomic mass is 9.87. The maximum absolute atomic E-state index is 13.6. The third-order valence-corrected chi connectivity index (χ3v) is 6.52. The number of aliphatic hydroxyl groups excluding tert-OH is 1. The van der Waals surface area contributed by atoms with Gasteiger partial charge in [0.2, 0.25) is 11.6 Å². The van der Waals surface area contributed by atoms with E-state index in [0.717, 1.165) is 12.8 Å². The summed E-state index contributed by atoms with van der Waals surface area (Å²) < 4.78 is 12.2. The van der Waals surface area contributed by atoms with Gasteiger partial charge in [0.1, 0.15) is 18.4 Å². The number of carbonyl (C=O) groups excluding carboxylic acids is 3. The molecule has 4 rings (SSSR count). The number of primary amides is 1. The van der Waals surface area contributed by atoms with Crippen molar-refractivity contribution in [1.82, 2.24) is 9.88 Å². The Morgan fingerprint density at radius 1 is 1.26 bits per heavy atom. The summed E-state index contributed by atoms with van der Waals surface area (Å²) >= 11 is 0. The van der Waals surface area contributed by atoms with Crippen LogP contribution in [0.1, 0.15) is 70.8 Å². The number of hydrogen-bond donors (Lipinski definition) is 4. The summed E-state index contributed by atoms with van der Waals surface area (Å²) in [6, 6.07) is -0.723. The molecule has 6 N–H and O–H groups in total. The van der Waals surface area contributed by atoms with Crippen LogP contribution in [0.2, 0.25) is 0 Å². The fraction of sp³-hybridized carbons (Fsp3) is 0.571. The van der Waals surface area contributed by atoms with Crippen LogP contribution in [0.15, 0.2) is 11.3 Å². The van der Waals surface area contributed by atoms with E-state index in [1.165, 1.54) is 7.11 Å². The number of allylic oxidation sites excluding steroid dienone is 2. The van der Waals surface area contributed by atoms with E-state index < -0.39 is 24.3 Å². The number of aromatic nitrogens is 1. The van der Waals surface area contributed by atoms with Crippen LogP contribution in [0.5, 0.6) is 0 Å². The molecule has 3 aliphatic rings. The molecule has 0 bridgehead atoms. The van der Waals surface area contributed by atoms with Gasteiger partial charge in [-0.05, 0) is 19.8 Å². The Kier molecular flexibility index (Phi) is 5.63. The molecule has 31 heavy (non-hydrogen) atoms. The maximum atomic E-state index is 13.6. The van der Waals surface area contributed by atoms with E-state index >= 15 is 0 Å². The molecule has 1 aliphatic heterocycles. The van der Waals surface area contributed by atoms with Crippen LogP contribution >= 0.6 is 0 Å². The van der Waals surface area contributed by atoms with Gasteiger partial charge in [-0.15, -0.1) is 0 Å². The van der Waals surface area contributed by atoms with Crippen molar-refractivity contribution in [3.8, 4) is 0 Å². The van der Waals surface area contributed by atoms with Crippen molar-refractivity contribution < 1.29 is 29.0 Å². The first-order valence-corrected chi connectivity index (χ1v) is 10.5. The third-order valence-electron chi connectivity index (χ3n) is 6.52. The first-order chi connectivity index (χ1) is 14.8. The summed E-state index contributed by atoms with van der Waals surface area (Å²) in [4.78, 5) is 38.2. The number of nitrogens with one attached hydrogen (secondary N) is 1. The van der Waals surface area contributed by atoms with Gasteiger partial charge in [-0.3, -0.25) is 9.59 Å². The number of hydrogen-bond acceptors (Lipinski definition) is 8. The molecule has 0 aromatic carbocycles. The molecule has 168 valence electrons. The molecule has 0 saturated heterocycles. The van der Waals surface area contributed by atoms with Crippen LogP contribution in [0.3, 0.4) is 0 Å². The van der Waals surface area contributed by atoms with Crippen LogP contribution in [0.4, 0.5) is 4.79 Å². The minimum absolute atomic E-state index is 0.173. The lowest BCUT2D eigenvalue weighted by Gasteiger charge is -2.31. The second kappa shape index (κ2) is 8.10. The predicted octanol–water partition coefficient (Wildman–Crippen LogP) is 0.658. The zero-order valence-electron chi connectivity index (χ0n) is 17.6. The van der Waals surface area contributed by atoms with Crippen molar-refractivity contribution in [2.24, 2.45) is 11.5 Å². The number of fused-ring (bicyclic) bond motifs is 3. The highest BCUT2D eigenvalue weighted by Gasteiger charge is 2.45. The van der Waals surface area contributed by atoms with Gasteiger partial charge in [0.05, 0.1) is 35.1 Å². The first kappa shape index (κ1) is 21.5. The molecule has 0 radical (unpaired) electrons. The Bertz CT molecular complexity index is 981. The Morgan fingerprint density at radius 3 is 2.61 bits per heavy atom. The Hall–Kier alpha value is -2.69. The number of methoxy groups -OCH3 is 1. The number of ketones is 2. The average Bonchev–Trinajstić information content (AvgIpc) is 3.21. The largest absolute Gasteiger partial charge is 0.445 e. The van der Waals surface area contributed by atoms with Gasteiger partial charge < -0.3 is 35.9 Å². The van der Waals surface area contributed by atoms with Crippen molar-refractivity contribution in [3.05, 3.63) is 33.8 Å². The third kappa shape index (κ3) is 3.44. The van der Waals surface area contributed by atoms with Gasteiger partial charge in [-0.25, -0.2) is 4.79 Å². The van der Waals surface area contributed by atoms with Crippen molar-refractivity contribution in [1.29, 1.82) is 0 Å². The van der Waals surface area contributed by atoms with Crippen LogP contribution in [0.25, 0.3) is 0 Å². The minimum atomic E-state index is -0.991. The molecule has 1 aromatic rings. The molecule has 4 atom stereocenters. The summed E-state index contributed by atoms with van der Waals surface area (Å²) in [6.07, 6.45) is 1.06. The number of nitrogens with two attached hydrogens (primary N) is 2. The summed E-state index contributed by atoms with van der Waals surface area (Å²) in [5, 5.41) is 13.5. The zero-order chi connectivity index (χ0) is 22.4. The molecule has 1 aromatic heterocycles. The topological polar surface area (TPSA) is 159 Å². The number of aliphatic hydroxyl groups is 1. The second-order valence-electron chi connectivity index (χ2n) is 8.39. The van der Waals surface area contributed by atoms with E-state index in [4.69, 9.17) is 20.9 Å². The van der Waals surface area contributed by atoms with E-state index in [1.54, 1.807) is 11.5 Å². The van der Waals surface area contributed by atoms with Crippen LogP contribution in [-0.2, 0) is 22.6 Å². The van der Waals surface area contributed by atoms with Gasteiger partial charge in [0, 0.05) is 24.8 Å². The molecule has 10 heteroatoms. The summed E-state index contributed by atoms with van der Waals surface area (Å²) in [7, 11) is 1.50. The SMILES string of the molecule is CO[C@H]1c2c(COC(N)=O)c3c(n2C[C@@H]1N)C(=O)C(C)=C(N[C@H]1CCCC[C@@H]1O)C3=O. The monoisotopic (exact) mass is 432 g/mol. The molecule has 1 amide bonds. The highest BCUT2D eigenvalue weighted by molar-refractivity contribution is 6.26. The van der Waals surface area contributed by atoms with Gasteiger partial charge in [0.15, 0.2) is 0 Å². The zero-order valence-corrected chi connectivity index (χ0v) is 17.6. The highest BCUT2D eigenvalue weighted by Crippen LogP contribution is 2.41. The van der Waals surface area contributed by atoms with Crippen molar-refractivity contribution in [2.75, 3.05) is 7.11 Å². The molecule has 0 spiro atoms. The second-order valence-corrected chi connectivity index (χ2v) is 8.39. The average molecular weight is 432 g/mol. The van der Waals surface area contributed by atoms with Gasteiger partial charge >= 0.3 is 6.09 Å². The number of ether oxygens (including phenoxy) is 2. The van der Waals surface area contributed by atoms with E-state index in [1.807, 2.05) is 0 Å². The standard InChI is InChI=1S/C21H28N4O6/c1-9-15(24-12-5-3-4-6-13(12)26)19(28)14-10(8-31-21(23)29)16-20(30-2)11(22)7-25(16)17(14)18(9)27/h11-13,20,24,26H,3-8,22H2,1-2H3,(H2,23,29)/t11-,12-,13-,20+/m0/s1. The molecular weight excluding hydrogens is 404 g/mol. The molecule has 2 heterocycles. The normalized spacial score (nSPS) is 27.9. The molecule has 10 nitrogen and oxygen atoms in total. The van der Waals surface area contributed by atoms with Gasteiger partial charge in [0.25, 0.3) is 0 Å². The van der Waals surface area contributed by atoms with Crippen LogP contribution in [0, 0.1) is 0 Å². The predicted molar refractivity (Wildman–Crippen MR) is 109 cm³/mol. The Labute approximate surface area is 179 Å². The van der Waals surface area contributed by atoms with Gasteiger partial charge in [-0.1, -0.05) is 12.8 Å². The first-order valence-electron chi connectivity index (χ1n) is 10.5. The van der Waals surface area contributed by atoms with Crippen molar-refractivity contribution in [3.63, 3.8) is 0 Å². The number of nitrogens with zero attached hydrogens (tertiary/aromatic N) is 1. The summed E-state index contributed by atoms with van der Waals surface area (Å²) in [6.45, 7) is 1.62. The lowest BCUT2D eigenvalue weighted by Crippen LogP contribution is -2.45. The minimum Gasteiger partial charge on any atom is -0.445 e. The van der Waals surface area contributed by atoms with E-state index in [9.17, 15) is 19.5 Å². The fourth-order valence-corrected chi connectivity index (χ4v) is 5.00. The smallest absolute Gasteiger partial charge is 0.404 e. The van der Waals surface area contributed by atoms with Crippen molar-refractivity contribution in [2.45, 2.75) is 70.1 Å². The van der Waals surface area contributed by atoms with E-state index in [2.05, 4.69) is 5.32 Å². The Morgan fingerprint density at radius 2 is 1.97 bits per heavy atom. The van der Waals surface area contributed by atoms with Crippen LogP contribution in [-0.4, -0.2) is 52.6 Å². The molecule has 2 aliphatic carbocycles. The highest BCUT2D eigenvalue weighted by atomic mass is 16.5. The molecule has 1 fully saturated rings. The Balaban J connectivity index is 1.80. The number of amides is 1. The molecule has 0 unspecified atom stereocenters. The maximum Gasteiger partial charge on any atom is 0.404 e. The molecule has 1 saturated carbocycles. The fourth-order valence-electron chi connectivity index (χ4n) is 5.00. The number of carbonyl (C=O) groups is 3. The van der Waals surface area contributed by atoms with Crippen molar-refractivity contribution >= 4 is 17.7 Å². The van der Waals surface area contributed by atoms with Gasteiger partial charge in [-0.2, -0.15) is 0 Å². The molecular formula is C21H28N4O6. The van der Waals surface area contributed by atoms with E-state index in [0.29, 0.717) is 30.6 Å². The number of Topliss-reactive ketones (excluding diaryl/α,β-unsaturated/α-hetero) is 2.